The third-order valence-corrected chi connectivity index (χ3v) is 3.45. The topological polar surface area (TPSA) is 67.9 Å². The Balaban J connectivity index is 3.02. The highest BCUT2D eigenvalue weighted by atomic mass is 15.3. The molecule has 0 amide bonds. The summed E-state index contributed by atoms with van der Waals surface area (Å²) in [4.78, 5) is 6.92. The summed E-state index contributed by atoms with van der Waals surface area (Å²) >= 11 is 0. The number of rotatable bonds is 8. The molecule has 0 atom stereocenters. The van der Waals surface area contributed by atoms with Crippen molar-refractivity contribution in [2.24, 2.45) is 11.1 Å². The zero-order valence-electron chi connectivity index (χ0n) is 13.6. The smallest absolute Gasteiger partial charge is 0.245 e. The molecule has 1 aromatic rings. The van der Waals surface area contributed by atoms with Crippen molar-refractivity contribution in [2.75, 3.05) is 24.5 Å². The second-order valence-electron chi connectivity index (χ2n) is 6.00. The van der Waals surface area contributed by atoms with Gasteiger partial charge in [0.25, 0.3) is 0 Å². The summed E-state index contributed by atoms with van der Waals surface area (Å²) in [7, 11) is 0. The molecule has 0 fully saturated rings. The van der Waals surface area contributed by atoms with Crippen LogP contribution in [0.4, 0.5) is 5.95 Å². The van der Waals surface area contributed by atoms with E-state index in [-0.39, 0.29) is 5.41 Å². The second-order valence-corrected chi connectivity index (χ2v) is 6.00. The fraction of sp³-hybridized carbons (Fsp3) is 0.800. The van der Waals surface area contributed by atoms with E-state index >= 15 is 0 Å². The number of aryl methyl sites for hydroxylation is 2. The summed E-state index contributed by atoms with van der Waals surface area (Å²) in [5.74, 6) is 0.738. The van der Waals surface area contributed by atoms with Crippen molar-refractivity contribution >= 4 is 5.95 Å². The maximum Gasteiger partial charge on any atom is 0.245 e. The molecular formula is C15H29N5. The Hall–Kier alpha value is -1.23. The Bertz CT molecular complexity index is 417. The second kappa shape index (κ2) is 7.53. The zero-order chi connectivity index (χ0) is 15.2. The fourth-order valence-electron chi connectivity index (χ4n) is 2.16. The van der Waals surface area contributed by atoms with Gasteiger partial charge in [0.1, 0.15) is 0 Å². The van der Waals surface area contributed by atoms with Gasteiger partial charge in [0.05, 0.1) is 11.4 Å². The van der Waals surface area contributed by atoms with E-state index in [9.17, 15) is 0 Å². The van der Waals surface area contributed by atoms with Crippen molar-refractivity contribution in [3.05, 3.63) is 11.4 Å². The van der Waals surface area contributed by atoms with Crippen LogP contribution in [0.5, 0.6) is 0 Å². The minimum absolute atomic E-state index is 0.0499. The summed E-state index contributed by atoms with van der Waals surface area (Å²) in [5, 5.41) is 8.66. The molecule has 0 saturated heterocycles. The van der Waals surface area contributed by atoms with Crippen LogP contribution in [-0.4, -0.2) is 34.8 Å². The van der Waals surface area contributed by atoms with Gasteiger partial charge in [0, 0.05) is 13.1 Å². The van der Waals surface area contributed by atoms with Crippen molar-refractivity contribution in [1.29, 1.82) is 0 Å². The van der Waals surface area contributed by atoms with E-state index in [0.29, 0.717) is 6.54 Å². The van der Waals surface area contributed by atoms with Crippen LogP contribution in [0.25, 0.3) is 0 Å². The van der Waals surface area contributed by atoms with Gasteiger partial charge in [-0.3, -0.25) is 0 Å². The average molecular weight is 279 g/mol. The fourth-order valence-corrected chi connectivity index (χ4v) is 2.16. The van der Waals surface area contributed by atoms with Gasteiger partial charge in [-0.05, 0) is 31.2 Å². The maximum atomic E-state index is 5.85. The quantitative estimate of drug-likeness (QED) is 0.790. The first-order valence-electron chi connectivity index (χ1n) is 7.64. The normalized spacial score (nSPS) is 11.7. The van der Waals surface area contributed by atoms with Crippen LogP contribution in [-0.2, 0) is 12.8 Å². The largest absolute Gasteiger partial charge is 0.339 e. The lowest BCUT2D eigenvalue weighted by molar-refractivity contribution is 0.374. The highest BCUT2D eigenvalue weighted by molar-refractivity contribution is 5.31. The van der Waals surface area contributed by atoms with E-state index in [4.69, 9.17) is 10.7 Å². The lowest BCUT2D eigenvalue weighted by Gasteiger charge is -2.31. The lowest BCUT2D eigenvalue weighted by atomic mass is 9.93. The molecule has 0 bridgehead atoms. The standard InChI is InChI=1S/C15H29N5/c1-6-9-20(11-15(4,5)10-16)14-17-12(7-2)13(8-3)18-19-14/h6-11,16H2,1-5H3. The molecule has 5 nitrogen and oxygen atoms in total. The first kappa shape index (κ1) is 16.8. The number of nitrogens with two attached hydrogens (primary N) is 1. The van der Waals surface area contributed by atoms with Crippen LogP contribution in [0, 0.1) is 5.41 Å². The van der Waals surface area contributed by atoms with Gasteiger partial charge < -0.3 is 10.6 Å². The monoisotopic (exact) mass is 279 g/mol. The van der Waals surface area contributed by atoms with Crippen molar-refractivity contribution in [3.8, 4) is 0 Å². The van der Waals surface area contributed by atoms with Crippen molar-refractivity contribution in [1.82, 2.24) is 15.2 Å². The molecule has 0 radical (unpaired) electrons. The molecule has 2 N–H and O–H groups in total. The molecule has 0 spiro atoms. The third kappa shape index (κ3) is 4.40. The van der Waals surface area contributed by atoms with Gasteiger partial charge in [0.15, 0.2) is 0 Å². The molecule has 0 aromatic carbocycles. The van der Waals surface area contributed by atoms with Crippen LogP contribution in [0.15, 0.2) is 0 Å². The summed E-state index contributed by atoms with van der Waals surface area (Å²) in [6.45, 7) is 13.1. The lowest BCUT2D eigenvalue weighted by Crippen LogP contribution is -2.40. The van der Waals surface area contributed by atoms with Gasteiger partial charge in [-0.1, -0.05) is 34.6 Å². The van der Waals surface area contributed by atoms with Crippen LogP contribution < -0.4 is 10.6 Å². The van der Waals surface area contributed by atoms with E-state index in [2.05, 4.69) is 49.7 Å². The number of aromatic nitrogens is 3. The summed E-state index contributed by atoms with van der Waals surface area (Å²) in [6, 6.07) is 0. The first-order valence-corrected chi connectivity index (χ1v) is 7.64. The Labute approximate surface area is 123 Å². The number of anilines is 1. The van der Waals surface area contributed by atoms with E-state index in [1.54, 1.807) is 0 Å². The summed E-state index contributed by atoms with van der Waals surface area (Å²) < 4.78 is 0. The minimum atomic E-state index is 0.0499. The minimum Gasteiger partial charge on any atom is -0.339 e. The number of hydrogen-bond donors (Lipinski definition) is 1. The van der Waals surface area contributed by atoms with Gasteiger partial charge in [-0.15, -0.1) is 5.10 Å². The van der Waals surface area contributed by atoms with E-state index < -0.39 is 0 Å². The predicted octanol–water partition coefficient (Wildman–Crippen LogP) is 2.20. The van der Waals surface area contributed by atoms with Crippen molar-refractivity contribution in [3.63, 3.8) is 0 Å². The molecule has 1 aromatic heterocycles. The Kier molecular flexibility index (Phi) is 6.33. The molecule has 1 heterocycles. The Morgan fingerprint density at radius 2 is 1.70 bits per heavy atom. The van der Waals surface area contributed by atoms with Gasteiger partial charge >= 0.3 is 0 Å². The van der Waals surface area contributed by atoms with E-state index in [1.807, 2.05) is 0 Å². The van der Waals surface area contributed by atoms with Gasteiger partial charge in [0.2, 0.25) is 5.95 Å². The highest BCUT2D eigenvalue weighted by Crippen LogP contribution is 2.19. The average Bonchev–Trinajstić information content (AvgIpc) is 2.46. The van der Waals surface area contributed by atoms with Crippen LogP contribution >= 0.6 is 0 Å². The number of nitrogens with zero attached hydrogens (tertiary/aromatic N) is 4. The molecular weight excluding hydrogens is 250 g/mol. The van der Waals surface area contributed by atoms with Crippen molar-refractivity contribution < 1.29 is 0 Å². The van der Waals surface area contributed by atoms with E-state index in [1.165, 1.54) is 0 Å². The SMILES string of the molecule is CCCN(CC(C)(C)CN)c1nnc(CC)c(CC)n1. The predicted molar refractivity (Wildman–Crippen MR) is 83.9 cm³/mol. The first-order chi connectivity index (χ1) is 9.47. The third-order valence-electron chi connectivity index (χ3n) is 3.45. The molecule has 0 aliphatic rings. The molecule has 0 unspecified atom stereocenters. The molecule has 5 heteroatoms. The molecule has 0 aliphatic heterocycles. The zero-order valence-corrected chi connectivity index (χ0v) is 13.6. The summed E-state index contributed by atoms with van der Waals surface area (Å²) in [6.07, 6.45) is 2.83. The summed E-state index contributed by atoms with van der Waals surface area (Å²) in [5.41, 5.74) is 7.96. The molecule has 0 aliphatic carbocycles. The Morgan fingerprint density at radius 3 is 2.20 bits per heavy atom. The van der Waals surface area contributed by atoms with Crippen LogP contribution in [0.1, 0.15) is 52.4 Å². The Morgan fingerprint density at radius 1 is 1.05 bits per heavy atom. The van der Waals surface area contributed by atoms with Crippen LogP contribution in [0.2, 0.25) is 0 Å². The molecule has 0 saturated carbocycles. The number of hydrogen-bond acceptors (Lipinski definition) is 5. The highest BCUT2D eigenvalue weighted by Gasteiger charge is 2.22. The van der Waals surface area contributed by atoms with Crippen LogP contribution in [0.3, 0.4) is 0 Å². The molecule has 20 heavy (non-hydrogen) atoms. The van der Waals surface area contributed by atoms with Gasteiger partial charge in [-0.2, -0.15) is 5.10 Å². The maximum absolute atomic E-state index is 5.85. The van der Waals surface area contributed by atoms with Gasteiger partial charge in [-0.25, -0.2) is 4.98 Å². The van der Waals surface area contributed by atoms with Crippen molar-refractivity contribution in [2.45, 2.75) is 53.9 Å². The van der Waals surface area contributed by atoms with E-state index in [0.717, 1.165) is 49.7 Å². The molecule has 114 valence electrons. The molecule has 1 rings (SSSR count).